The van der Waals surface area contributed by atoms with Crippen LogP contribution in [0.2, 0.25) is 0 Å². The number of Topliss-reactive ketones (excluding diaryl/α,β-unsaturated/α-hetero) is 1. The number of aromatic nitrogens is 1. The molecule has 0 radical (unpaired) electrons. The number of hydrogen-bond donors (Lipinski definition) is 0. The number of rotatable bonds is 4. The first-order valence-corrected chi connectivity index (χ1v) is 12.7. The molecule has 5 rings (SSSR count). The van der Waals surface area contributed by atoms with Crippen molar-refractivity contribution in [2.45, 2.75) is 34.9 Å². The number of aryl methyl sites for hydroxylation is 1. The molecule has 1 unspecified atom stereocenters. The molecule has 1 aromatic heterocycles. The Balaban J connectivity index is 1.44. The summed E-state index contributed by atoms with van der Waals surface area (Å²) < 4.78 is 14.6. The molecule has 5 nitrogen and oxygen atoms in total. The number of para-hydroxylation sites is 1. The van der Waals surface area contributed by atoms with Gasteiger partial charge in [0, 0.05) is 37.5 Å². The van der Waals surface area contributed by atoms with Gasteiger partial charge in [-0.25, -0.2) is 14.4 Å². The van der Waals surface area contributed by atoms with E-state index < -0.39 is 0 Å². The smallest absolute Gasteiger partial charge is 0.188 e. The highest BCUT2D eigenvalue weighted by Crippen LogP contribution is 2.43. The number of benzene rings is 2. The lowest BCUT2D eigenvalue weighted by atomic mass is 10.0. The summed E-state index contributed by atoms with van der Waals surface area (Å²) in [5, 5.41) is 0.524. The summed E-state index contributed by atoms with van der Waals surface area (Å²) in [7, 11) is 2.15. The number of fused-ring (bicyclic) bond motifs is 2. The lowest BCUT2D eigenvalue weighted by Crippen LogP contribution is -2.53. The molecule has 0 bridgehead atoms. The fourth-order valence-electron chi connectivity index (χ4n) is 4.27. The van der Waals surface area contributed by atoms with Crippen molar-refractivity contribution in [1.82, 2.24) is 14.8 Å². The lowest BCUT2D eigenvalue weighted by molar-refractivity contribution is 0.101. The van der Waals surface area contributed by atoms with E-state index in [1.165, 1.54) is 17.4 Å². The summed E-state index contributed by atoms with van der Waals surface area (Å²) in [5.74, 6) is 0.634. The highest BCUT2D eigenvalue weighted by molar-refractivity contribution is 8.01. The molecule has 0 spiro atoms. The third kappa shape index (κ3) is 4.74. The number of amidine groups is 1. The highest BCUT2D eigenvalue weighted by Gasteiger charge is 2.31. The molecule has 8 heteroatoms. The van der Waals surface area contributed by atoms with Crippen molar-refractivity contribution >= 4 is 40.4 Å². The number of carbonyl (C=O) groups is 1. The molecule has 1 fully saturated rings. The van der Waals surface area contributed by atoms with Gasteiger partial charge in [-0.3, -0.25) is 9.69 Å². The van der Waals surface area contributed by atoms with Gasteiger partial charge in [-0.1, -0.05) is 36.0 Å². The summed E-state index contributed by atoms with van der Waals surface area (Å²) in [6.07, 6.45) is 1.75. The van der Waals surface area contributed by atoms with E-state index in [0.717, 1.165) is 64.4 Å². The molecule has 3 heterocycles. The van der Waals surface area contributed by atoms with E-state index in [1.54, 1.807) is 30.8 Å². The molecular formula is C25H25FN4OS2. The lowest BCUT2D eigenvalue weighted by Gasteiger charge is -2.40. The molecular weight excluding hydrogens is 455 g/mol. The molecule has 2 aromatic carbocycles. The number of thiazole rings is 1. The van der Waals surface area contributed by atoms with Crippen LogP contribution >= 0.6 is 23.1 Å². The van der Waals surface area contributed by atoms with Gasteiger partial charge in [-0.15, -0.1) is 11.3 Å². The van der Waals surface area contributed by atoms with Crippen molar-refractivity contribution in [3.05, 3.63) is 70.6 Å². The van der Waals surface area contributed by atoms with Crippen LogP contribution in [0.3, 0.4) is 0 Å². The molecule has 0 N–H and O–H groups in total. The van der Waals surface area contributed by atoms with Crippen LogP contribution in [-0.4, -0.2) is 59.1 Å². The van der Waals surface area contributed by atoms with Gasteiger partial charge in [0.05, 0.1) is 9.90 Å². The first-order valence-electron chi connectivity index (χ1n) is 11.1. The van der Waals surface area contributed by atoms with Crippen LogP contribution < -0.4 is 0 Å². The van der Waals surface area contributed by atoms with Gasteiger partial charge < -0.3 is 4.90 Å². The molecule has 2 aliphatic rings. The van der Waals surface area contributed by atoms with Crippen LogP contribution in [0.15, 0.2) is 62.6 Å². The Morgan fingerprint density at radius 3 is 2.85 bits per heavy atom. The Labute approximate surface area is 201 Å². The number of carbonyl (C=O) groups excluding carboxylic acids is 1. The summed E-state index contributed by atoms with van der Waals surface area (Å²) in [6.45, 7) is 4.11. The second kappa shape index (κ2) is 9.37. The van der Waals surface area contributed by atoms with Crippen molar-refractivity contribution in [2.75, 3.05) is 26.7 Å². The third-order valence-corrected chi connectivity index (χ3v) is 8.53. The largest absolute Gasteiger partial charge is 0.352 e. The molecule has 1 atom stereocenters. The second-order valence-electron chi connectivity index (χ2n) is 8.47. The summed E-state index contributed by atoms with van der Waals surface area (Å²) in [4.78, 5) is 27.6. The molecule has 0 saturated carbocycles. The maximum atomic E-state index is 13.6. The normalized spacial score (nSPS) is 18.3. The maximum absolute atomic E-state index is 13.6. The van der Waals surface area contributed by atoms with Crippen LogP contribution in [-0.2, 0) is 6.42 Å². The van der Waals surface area contributed by atoms with Crippen LogP contribution in [0.25, 0.3) is 0 Å². The van der Waals surface area contributed by atoms with Crippen LogP contribution in [0.1, 0.15) is 34.4 Å². The minimum atomic E-state index is -0.188. The van der Waals surface area contributed by atoms with Crippen molar-refractivity contribution in [1.29, 1.82) is 0 Å². The molecule has 33 heavy (non-hydrogen) atoms. The third-order valence-electron chi connectivity index (χ3n) is 6.14. The number of hydrogen-bond acceptors (Lipinski definition) is 7. The Bertz CT molecular complexity index is 1220. The Morgan fingerprint density at radius 2 is 2.03 bits per heavy atom. The number of likely N-dealkylation sites (N-methyl/N-ethyl adjacent to an activating group) is 1. The van der Waals surface area contributed by atoms with Crippen molar-refractivity contribution in [3.63, 3.8) is 0 Å². The number of halogens is 1. The number of nitrogens with zero attached hydrogens (tertiary/aromatic N) is 4. The standard InChI is InChI=1S/C25H25FN4OS2/c1-16(31)24-28-22-23(27-20-8-3-4-9-21(20)32-25(22)33-24)30-13-12-29(2)19(15-30)11-10-17-6-5-7-18(26)14-17/h3-9,14,19H,10-13,15H2,1-2H3. The van der Waals surface area contributed by atoms with Crippen molar-refractivity contribution in [3.8, 4) is 0 Å². The molecule has 2 aliphatic heterocycles. The van der Waals surface area contributed by atoms with Gasteiger partial charge in [0.15, 0.2) is 16.6 Å². The van der Waals surface area contributed by atoms with Gasteiger partial charge in [0.25, 0.3) is 0 Å². The Kier molecular flexibility index (Phi) is 6.32. The van der Waals surface area contributed by atoms with E-state index in [4.69, 9.17) is 9.98 Å². The average molecular weight is 481 g/mol. The molecule has 170 valence electrons. The van der Waals surface area contributed by atoms with Crippen LogP contribution in [0.5, 0.6) is 0 Å². The zero-order valence-corrected chi connectivity index (χ0v) is 20.3. The first-order chi connectivity index (χ1) is 16.0. The maximum Gasteiger partial charge on any atom is 0.188 e. The average Bonchev–Trinajstić information content (AvgIpc) is 3.15. The fourth-order valence-corrected chi connectivity index (χ4v) is 6.43. The van der Waals surface area contributed by atoms with Crippen LogP contribution in [0.4, 0.5) is 10.1 Å². The van der Waals surface area contributed by atoms with Gasteiger partial charge in [-0.05, 0) is 49.7 Å². The SMILES string of the molecule is CC(=O)c1nc2c(s1)Sc1ccccc1N=C2N1CCN(C)C(CCc2cccc(F)c2)C1. The zero-order valence-electron chi connectivity index (χ0n) is 18.6. The topological polar surface area (TPSA) is 48.8 Å². The van der Waals surface area contributed by atoms with E-state index in [2.05, 4.69) is 22.9 Å². The Hall–Kier alpha value is -2.55. The quantitative estimate of drug-likeness (QED) is 0.476. The molecule has 1 saturated heterocycles. The van der Waals surface area contributed by atoms with Gasteiger partial charge in [0.2, 0.25) is 0 Å². The minimum Gasteiger partial charge on any atom is -0.352 e. The van der Waals surface area contributed by atoms with E-state index in [-0.39, 0.29) is 11.6 Å². The molecule has 0 aliphatic carbocycles. The number of piperazine rings is 1. The van der Waals surface area contributed by atoms with E-state index in [9.17, 15) is 9.18 Å². The summed E-state index contributed by atoms with van der Waals surface area (Å²) in [5.41, 5.74) is 2.76. The zero-order chi connectivity index (χ0) is 22.9. The van der Waals surface area contributed by atoms with Gasteiger partial charge >= 0.3 is 0 Å². The van der Waals surface area contributed by atoms with Crippen LogP contribution in [0, 0.1) is 5.82 Å². The van der Waals surface area contributed by atoms with E-state index in [0.29, 0.717) is 11.0 Å². The summed E-state index contributed by atoms with van der Waals surface area (Å²) in [6, 6.07) is 15.3. The minimum absolute atomic E-state index is 0.0207. The number of aliphatic imine (C=N–C) groups is 1. The first kappa shape index (κ1) is 22.3. The van der Waals surface area contributed by atoms with Crippen molar-refractivity contribution in [2.24, 2.45) is 4.99 Å². The second-order valence-corrected chi connectivity index (χ2v) is 10.8. The molecule has 3 aromatic rings. The highest BCUT2D eigenvalue weighted by atomic mass is 32.2. The Morgan fingerprint density at radius 1 is 1.18 bits per heavy atom. The fraction of sp³-hybridized carbons (Fsp3) is 0.320. The predicted molar refractivity (Wildman–Crippen MR) is 132 cm³/mol. The predicted octanol–water partition coefficient (Wildman–Crippen LogP) is 5.28. The van der Waals surface area contributed by atoms with Gasteiger partial charge in [-0.2, -0.15) is 0 Å². The van der Waals surface area contributed by atoms with E-state index in [1.807, 2.05) is 24.3 Å². The molecule has 0 amide bonds. The number of ketones is 1. The van der Waals surface area contributed by atoms with Gasteiger partial charge in [0.1, 0.15) is 11.5 Å². The summed E-state index contributed by atoms with van der Waals surface area (Å²) >= 11 is 3.08. The van der Waals surface area contributed by atoms with E-state index >= 15 is 0 Å². The monoisotopic (exact) mass is 480 g/mol. The van der Waals surface area contributed by atoms with Crippen molar-refractivity contribution < 1.29 is 9.18 Å².